The van der Waals surface area contributed by atoms with Crippen LogP contribution in [-0.2, 0) is 21.3 Å². The SMILES string of the molecule is Cc1c(Cl)cccc1NC(=O)C(C)S(=O)Cc1cccc(C(=O)O)c1. The van der Waals surface area contributed by atoms with Gasteiger partial charge in [0.05, 0.1) is 5.56 Å². The minimum absolute atomic E-state index is 0.101. The molecule has 0 bridgehead atoms. The zero-order valence-corrected chi connectivity index (χ0v) is 15.4. The minimum Gasteiger partial charge on any atom is -0.478 e. The van der Waals surface area contributed by atoms with Crippen molar-refractivity contribution in [1.29, 1.82) is 0 Å². The van der Waals surface area contributed by atoms with Crippen molar-refractivity contribution < 1.29 is 18.9 Å². The zero-order chi connectivity index (χ0) is 18.6. The molecule has 0 saturated heterocycles. The molecule has 2 aromatic carbocycles. The topological polar surface area (TPSA) is 83.5 Å². The van der Waals surface area contributed by atoms with Gasteiger partial charge < -0.3 is 10.4 Å². The molecule has 7 heteroatoms. The molecule has 2 atom stereocenters. The molecule has 0 saturated carbocycles. The van der Waals surface area contributed by atoms with Gasteiger partial charge >= 0.3 is 5.97 Å². The predicted molar refractivity (Wildman–Crippen MR) is 99.5 cm³/mol. The van der Waals surface area contributed by atoms with Gasteiger partial charge in [-0.2, -0.15) is 0 Å². The maximum absolute atomic E-state index is 12.5. The second kappa shape index (κ2) is 8.27. The standard InChI is InChI=1S/C18H18ClNO4S/c1-11-15(19)7-4-8-16(11)20-17(21)12(2)25(24)10-13-5-3-6-14(9-13)18(22)23/h3-9,12H,10H2,1-2H3,(H,20,21)(H,22,23). The molecule has 0 aliphatic heterocycles. The van der Waals surface area contributed by atoms with Gasteiger partial charge in [-0.25, -0.2) is 4.79 Å². The fourth-order valence-corrected chi connectivity index (χ4v) is 3.41. The van der Waals surface area contributed by atoms with Crippen molar-refractivity contribution >= 4 is 40.0 Å². The van der Waals surface area contributed by atoms with Gasteiger partial charge in [-0.05, 0) is 49.2 Å². The van der Waals surface area contributed by atoms with Crippen molar-refractivity contribution in [3.63, 3.8) is 0 Å². The normalized spacial score (nSPS) is 13.1. The fourth-order valence-electron chi connectivity index (χ4n) is 2.18. The molecule has 2 N–H and O–H groups in total. The number of nitrogens with one attached hydrogen (secondary N) is 1. The first-order valence-corrected chi connectivity index (χ1v) is 9.31. The number of halogens is 1. The highest BCUT2D eigenvalue weighted by Gasteiger charge is 2.21. The van der Waals surface area contributed by atoms with Crippen LogP contribution >= 0.6 is 11.6 Å². The van der Waals surface area contributed by atoms with Crippen LogP contribution in [0.25, 0.3) is 0 Å². The monoisotopic (exact) mass is 379 g/mol. The molecule has 0 aromatic heterocycles. The smallest absolute Gasteiger partial charge is 0.335 e. The van der Waals surface area contributed by atoms with E-state index in [1.165, 1.54) is 12.1 Å². The summed E-state index contributed by atoms with van der Waals surface area (Å²) in [4.78, 5) is 23.3. The number of rotatable bonds is 6. The van der Waals surface area contributed by atoms with Crippen LogP contribution < -0.4 is 5.32 Å². The van der Waals surface area contributed by atoms with Crippen LogP contribution in [0.5, 0.6) is 0 Å². The Labute approximate surface area is 153 Å². The number of hydrogen-bond donors (Lipinski definition) is 2. The van der Waals surface area contributed by atoms with Crippen molar-refractivity contribution in [2.24, 2.45) is 0 Å². The highest BCUT2D eigenvalue weighted by molar-refractivity contribution is 7.85. The van der Waals surface area contributed by atoms with Gasteiger partial charge in [0.2, 0.25) is 5.91 Å². The predicted octanol–water partition coefficient (Wildman–Crippen LogP) is 3.62. The molecule has 0 aliphatic rings. The first-order chi connectivity index (χ1) is 11.8. The molecule has 5 nitrogen and oxygen atoms in total. The highest BCUT2D eigenvalue weighted by Crippen LogP contribution is 2.23. The zero-order valence-electron chi connectivity index (χ0n) is 13.8. The second-order valence-corrected chi connectivity index (χ2v) is 7.74. The van der Waals surface area contributed by atoms with E-state index < -0.39 is 22.0 Å². The lowest BCUT2D eigenvalue weighted by molar-refractivity contribution is -0.115. The summed E-state index contributed by atoms with van der Waals surface area (Å²) in [6.07, 6.45) is 0. The Bertz CT molecular complexity index is 838. The van der Waals surface area contributed by atoms with E-state index in [0.29, 0.717) is 16.3 Å². The number of hydrogen-bond acceptors (Lipinski definition) is 3. The molecular weight excluding hydrogens is 362 g/mol. The summed E-state index contributed by atoms with van der Waals surface area (Å²) in [5, 5.41) is 11.5. The maximum Gasteiger partial charge on any atom is 0.335 e. The first kappa shape index (κ1) is 19.1. The van der Waals surface area contributed by atoms with Crippen LogP contribution in [0.4, 0.5) is 5.69 Å². The molecule has 0 radical (unpaired) electrons. The van der Waals surface area contributed by atoms with Crippen LogP contribution in [0.15, 0.2) is 42.5 Å². The second-order valence-electron chi connectivity index (χ2n) is 5.57. The van der Waals surface area contributed by atoms with Gasteiger partial charge in [-0.1, -0.05) is 29.8 Å². The molecule has 0 spiro atoms. The van der Waals surface area contributed by atoms with Gasteiger partial charge in [0.25, 0.3) is 0 Å². The van der Waals surface area contributed by atoms with E-state index in [4.69, 9.17) is 16.7 Å². The summed E-state index contributed by atoms with van der Waals surface area (Å²) in [7, 11) is -1.49. The maximum atomic E-state index is 12.5. The lowest BCUT2D eigenvalue weighted by Gasteiger charge is -2.14. The average Bonchev–Trinajstić information content (AvgIpc) is 2.58. The van der Waals surface area contributed by atoms with Gasteiger partial charge in [-0.3, -0.25) is 9.00 Å². The Morgan fingerprint density at radius 3 is 2.60 bits per heavy atom. The number of carbonyl (C=O) groups excluding carboxylic acids is 1. The molecular formula is C18H18ClNO4S. The minimum atomic E-state index is -1.49. The van der Waals surface area contributed by atoms with Gasteiger partial charge in [0.15, 0.2) is 0 Å². The lowest BCUT2D eigenvalue weighted by atomic mass is 10.1. The molecule has 1 amide bonds. The molecule has 0 heterocycles. The number of benzene rings is 2. The van der Waals surface area contributed by atoms with Crippen molar-refractivity contribution in [1.82, 2.24) is 0 Å². The molecule has 25 heavy (non-hydrogen) atoms. The van der Waals surface area contributed by atoms with Gasteiger partial charge in [0.1, 0.15) is 5.25 Å². The number of carboxylic acids is 1. The molecule has 2 unspecified atom stereocenters. The van der Waals surface area contributed by atoms with Gasteiger partial charge in [-0.15, -0.1) is 0 Å². The third kappa shape index (κ3) is 4.90. The Hall–Kier alpha value is -2.18. The first-order valence-electron chi connectivity index (χ1n) is 7.55. The summed E-state index contributed by atoms with van der Waals surface area (Å²) in [5.74, 6) is -1.32. The van der Waals surface area contributed by atoms with E-state index in [1.807, 2.05) is 0 Å². The molecule has 2 rings (SSSR count). The Morgan fingerprint density at radius 1 is 1.24 bits per heavy atom. The molecule has 132 valence electrons. The van der Waals surface area contributed by atoms with Crippen molar-refractivity contribution in [3.8, 4) is 0 Å². The fraction of sp³-hybridized carbons (Fsp3) is 0.222. The molecule has 2 aromatic rings. The van der Waals surface area contributed by atoms with Crippen molar-refractivity contribution in [3.05, 3.63) is 64.2 Å². The van der Waals surface area contributed by atoms with Crippen molar-refractivity contribution in [2.75, 3.05) is 5.32 Å². The lowest BCUT2D eigenvalue weighted by Crippen LogP contribution is -2.30. The van der Waals surface area contributed by atoms with E-state index in [9.17, 15) is 13.8 Å². The molecule has 0 fully saturated rings. The Morgan fingerprint density at radius 2 is 1.92 bits per heavy atom. The number of amides is 1. The third-order valence-electron chi connectivity index (χ3n) is 3.77. The highest BCUT2D eigenvalue weighted by atomic mass is 35.5. The number of aromatic carboxylic acids is 1. The molecule has 0 aliphatic carbocycles. The van der Waals surface area contributed by atoms with Crippen molar-refractivity contribution in [2.45, 2.75) is 24.9 Å². The van der Waals surface area contributed by atoms with E-state index in [1.54, 1.807) is 44.2 Å². The summed E-state index contributed by atoms with van der Waals surface area (Å²) < 4.78 is 12.5. The van der Waals surface area contributed by atoms with E-state index in [0.717, 1.165) is 5.56 Å². The van der Waals surface area contributed by atoms with Crippen LogP contribution in [-0.4, -0.2) is 26.4 Å². The van der Waals surface area contributed by atoms with E-state index >= 15 is 0 Å². The van der Waals surface area contributed by atoms with Crippen LogP contribution in [0.3, 0.4) is 0 Å². The van der Waals surface area contributed by atoms with Gasteiger partial charge in [0, 0.05) is 27.3 Å². The largest absolute Gasteiger partial charge is 0.478 e. The summed E-state index contributed by atoms with van der Waals surface area (Å²) in [6.45, 7) is 3.36. The number of carbonyl (C=O) groups is 2. The van der Waals surface area contributed by atoms with Crippen LogP contribution in [0, 0.1) is 6.92 Å². The third-order valence-corrected chi connectivity index (χ3v) is 5.80. The summed E-state index contributed by atoms with van der Waals surface area (Å²) in [5.41, 5.74) is 2.05. The number of anilines is 1. The summed E-state index contributed by atoms with van der Waals surface area (Å²) >= 11 is 6.03. The summed E-state index contributed by atoms with van der Waals surface area (Å²) in [6, 6.07) is 11.4. The Balaban J connectivity index is 2.06. The Kier molecular flexibility index (Phi) is 6.33. The van der Waals surface area contributed by atoms with Crippen LogP contribution in [0.1, 0.15) is 28.4 Å². The average molecular weight is 380 g/mol. The quantitative estimate of drug-likeness (QED) is 0.802. The van der Waals surface area contributed by atoms with E-state index in [-0.39, 0.29) is 17.2 Å². The van der Waals surface area contributed by atoms with Crippen LogP contribution in [0.2, 0.25) is 5.02 Å². The van der Waals surface area contributed by atoms with E-state index in [2.05, 4.69) is 5.32 Å². The number of carboxylic acid groups (broad SMARTS) is 1.